The van der Waals surface area contributed by atoms with Crippen LogP contribution in [-0.4, -0.2) is 25.2 Å². The van der Waals surface area contributed by atoms with Gasteiger partial charge in [-0.3, -0.25) is 9.59 Å². The Morgan fingerprint density at radius 1 is 0.739 bits per heavy atom. The Balaban J connectivity index is 3.36. The summed E-state index contributed by atoms with van der Waals surface area (Å²) >= 11 is 0. The van der Waals surface area contributed by atoms with Gasteiger partial charge in [0.2, 0.25) is 0 Å². The van der Waals surface area contributed by atoms with Crippen LogP contribution >= 0.6 is 0 Å². The molecule has 0 N–H and O–H groups in total. The van der Waals surface area contributed by atoms with Gasteiger partial charge in [-0.1, -0.05) is 57.4 Å². The zero-order valence-electron chi connectivity index (χ0n) is 15.0. The summed E-state index contributed by atoms with van der Waals surface area (Å²) in [5.74, 6) is -0.667. The van der Waals surface area contributed by atoms with Gasteiger partial charge in [-0.15, -0.1) is 6.58 Å². The molecule has 0 radical (unpaired) electrons. The zero-order valence-corrected chi connectivity index (χ0v) is 15.0. The molecule has 0 aliphatic heterocycles. The molecule has 0 rings (SSSR count). The molecule has 0 amide bonds. The Labute approximate surface area is 141 Å². The van der Waals surface area contributed by atoms with E-state index in [9.17, 15) is 9.59 Å². The van der Waals surface area contributed by atoms with Gasteiger partial charge >= 0.3 is 11.9 Å². The third kappa shape index (κ3) is 16.9. The summed E-state index contributed by atoms with van der Waals surface area (Å²) in [7, 11) is 0. The number of hydrogen-bond acceptors (Lipinski definition) is 4. The predicted octanol–water partition coefficient (Wildman–Crippen LogP) is 4.96. The molecule has 23 heavy (non-hydrogen) atoms. The van der Waals surface area contributed by atoms with Crippen LogP contribution in [0.5, 0.6) is 0 Å². The SMILES string of the molecule is C=C(C)CCOC(=O)CCC(=O)OCCCCCCCCCC. The molecule has 4 nitrogen and oxygen atoms in total. The summed E-state index contributed by atoms with van der Waals surface area (Å²) in [5.41, 5.74) is 0.975. The zero-order chi connectivity index (χ0) is 17.3. The minimum atomic E-state index is -0.352. The highest BCUT2D eigenvalue weighted by Crippen LogP contribution is 2.08. The number of carbonyl (C=O) groups excluding carboxylic acids is 2. The quantitative estimate of drug-likeness (QED) is 0.242. The van der Waals surface area contributed by atoms with Crippen molar-refractivity contribution in [2.45, 2.75) is 84.5 Å². The first-order valence-corrected chi connectivity index (χ1v) is 9.02. The lowest BCUT2D eigenvalue weighted by Crippen LogP contribution is -2.11. The average molecular weight is 326 g/mol. The van der Waals surface area contributed by atoms with Gasteiger partial charge < -0.3 is 9.47 Å². The Morgan fingerprint density at radius 3 is 1.74 bits per heavy atom. The molecular weight excluding hydrogens is 292 g/mol. The summed E-state index contributed by atoms with van der Waals surface area (Å²) in [5, 5.41) is 0. The number of carbonyl (C=O) groups is 2. The minimum absolute atomic E-state index is 0.0897. The van der Waals surface area contributed by atoms with Crippen molar-refractivity contribution in [1.29, 1.82) is 0 Å². The smallest absolute Gasteiger partial charge is 0.306 e. The van der Waals surface area contributed by atoms with Crippen molar-refractivity contribution in [1.82, 2.24) is 0 Å². The maximum Gasteiger partial charge on any atom is 0.306 e. The average Bonchev–Trinajstić information content (AvgIpc) is 2.51. The Hall–Kier alpha value is -1.32. The molecule has 0 heterocycles. The highest BCUT2D eigenvalue weighted by atomic mass is 16.5. The third-order valence-corrected chi connectivity index (χ3v) is 3.59. The van der Waals surface area contributed by atoms with E-state index in [0.717, 1.165) is 18.4 Å². The first kappa shape index (κ1) is 21.7. The molecule has 4 heteroatoms. The molecule has 0 aromatic rings. The van der Waals surface area contributed by atoms with Crippen molar-refractivity contribution in [3.8, 4) is 0 Å². The number of unbranched alkanes of at least 4 members (excludes halogenated alkanes) is 7. The van der Waals surface area contributed by atoms with Crippen LogP contribution in [0.25, 0.3) is 0 Å². The van der Waals surface area contributed by atoms with E-state index < -0.39 is 0 Å². The summed E-state index contributed by atoms with van der Waals surface area (Å²) in [6, 6.07) is 0. The van der Waals surface area contributed by atoms with E-state index in [1.54, 1.807) is 0 Å². The Morgan fingerprint density at radius 2 is 1.22 bits per heavy atom. The second kappa shape index (κ2) is 15.6. The van der Waals surface area contributed by atoms with E-state index in [0.29, 0.717) is 19.6 Å². The largest absolute Gasteiger partial charge is 0.466 e. The molecule has 0 spiro atoms. The molecule has 0 aliphatic carbocycles. The number of hydrogen-bond donors (Lipinski definition) is 0. The van der Waals surface area contributed by atoms with Gasteiger partial charge in [-0.05, 0) is 13.3 Å². The van der Waals surface area contributed by atoms with Gasteiger partial charge in [0.25, 0.3) is 0 Å². The Kier molecular flexibility index (Phi) is 14.7. The fourth-order valence-electron chi connectivity index (χ4n) is 2.11. The van der Waals surface area contributed by atoms with Crippen LogP contribution in [0, 0.1) is 0 Å². The predicted molar refractivity (Wildman–Crippen MR) is 93.2 cm³/mol. The van der Waals surface area contributed by atoms with E-state index in [1.165, 1.54) is 38.5 Å². The first-order chi connectivity index (χ1) is 11.1. The summed E-state index contributed by atoms with van der Waals surface area (Å²) in [6.07, 6.45) is 10.6. The van der Waals surface area contributed by atoms with Crippen molar-refractivity contribution < 1.29 is 19.1 Å². The van der Waals surface area contributed by atoms with Crippen molar-refractivity contribution in [3.63, 3.8) is 0 Å². The van der Waals surface area contributed by atoms with Crippen molar-refractivity contribution in [2.75, 3.05) is 13.2 Å². The normalized spacial score (nSPS) is 10.3. The van der Waals surface area contributed by atoms with E-state index >= 15 is 0 Å². The lowest BCUT2D eigenvalue weighted by Gasteiger charge is -2.06. The molecule has 0 aromatic carbocycles. The molecule has 0 unspecified atom stereocenters. The monoisotopic (exact) mass is 326 g/mol. The van der Waals surface area contributed by atoms with E-state index in [2.05, 4.69) is 13.5 Å². The first-order valence-electron chi connectivity index (χ1n) is 9.02. The molecule has 0 saturated heterocycles. The fourth-order valence-corrected chi connectivity index (χ4v) is 2.11. The van der Waals surface area contributed by atoms with E-state index in [-0.39, 0.29) is 24.8 Å². The van der Waals surface area contributed by atoms with Crippen LogP contribution in [0.4, 0.5) is 0 Å². The summed E-state index contributed by atoms with van der Waals surface area (Å²) in [6.45, 7) is 8.63. The van der Waals surface area contributed by atoms with Crippen LogP contribution in [0.2, 0.25) is 0 Å². The molecule has 0 aromatic heterocycles. The number of esters is 2. The molecule has 0 bridgehead atoms. The van der Waals surface area contributed by atoms with Crippen LogP contribution in [0.3, 0.4) is 0 Å². The maximum absolute atomic E-state index is 11.5. The number of ether oxygens (including phenoxy) is 2. The second-order valence-electron chi connectivity index (χ2n) is 6.12. The van der Waals surface area contributed by atoms with Crippen molar-refractivity contribution in [2.24, 2.45) is 0 Å². The molecule has 0 atom stereocenters. The van der Waals surface area contributed by atoms with Crippen LogP contribution in [0.15, 0.2) is 12.2 Å². The van der Waals surface area contributed by atoms with Crippen LogP contribution in [-0.2, 0) is 19.1 Å². The molecule has 0 aliphatic rings. The van der Waals surface area contributed by atoms with Gasteiger partial charge in [-0.2, -0.15) is 0 Å². The van der Waals surface area contributed by atoms with Crippen molar-refractivity contribution in [3.05, 3.63) is 12.2 Å². The topological polar surface area (TPSA) is 52.6 Å². The maximum atomic E-state index is 11.5. The molecular formula is C19H34O4. The summed E-state index contributed by atoms with van der Waals surface area (Å²) in [4.78, 5) is 22.9. The standard InChI is InChI=1S/C19H34O4/c1-4-5-6-7-8-9-10-11-15-22-18(20)12-13-19(21)23-16-14-17(2)3/h2,4-16H2,1,3H3. The fraction of sp³-hybridized carbons (Fsp3) is 0.789. The minimum Gasteiger partial charge on any atom is -0.466 e. The van der Waals surface area contributed by atoms with Crippen LogP contribution < -0.4 is 0 Å². The van der Waals surface area contributed by atoms with Gasteiger partial charge in [0.1, 0.15) is 0 Å². The van der Waals surface area contributed by atoms with Crippen LogP contribution in [0.1, 0.15) is 84.5 Å². The van der Waals surface area contributed by atoms with Crippen molar-refractivity contribution >= 4 is 11.9 Å². The molecule has 134 valence electrons. The highest BCUT2D eigenvalue weighted by Gasteiger charge is 2.08. The molecule has 0 fully saturated rings. The van der Waals surface area contributed by atoms with Gasteiger partial charge in [0, 0.05) is 6.42 Å². The van der Waals surface area contributed by atoms with Gasteiger partial charge in [0.05, 0.1) is 26.1 Å². The third-order valence-electron chi connectivity index (χ3n) is 3.59. The van der Waals surface area contributed by atoms with E-state index in [1.807, 2.05) is 6.92 Å². The van der Waals surface area contributed by atoms with E-state index in [4.69, 9.17) is 9.47 Å². The Bertz CT molecular complexity index is 336. The summed E-state index contributed by atoms with van der Waals surface area (Å²) < 4.78 is 10.1. The highest BCUT2D eigenvalue weighted by molar-refractivity contribution is 5.77. The van der Waals surface area contributed by atoms with Gasteiger partial charge in [-0.25, -0.2) is 0 Å². The second-order valence-corrected chi connectivity index (χ2v) is 6.12. The lowest BCUT2D eigenvalue weighted by molar-refractivity contribution is -0.150. The molecule has 0 saturated carbocycles. The van der Waals surface area contributed by atoms with Gasteiger partial charge in [0.15, 0.2) is 0 Å². The lowest BCUT2D eigenvalue weighted by atomic mass is 10.1. The number of rotatable bonds is 15.